The maximum Gasteiger partial charge on any atom is 0.417 e. The van der Waals surface area contributed by atoms with E-state index >= 15 is 0 Å². The van der Waals surface area contributed by atoms with E-state index in [0.29, 0.717) is 18.6 Å². The Morgan fingerprint density at radius 3 is 2.12 bits per heavy atom. The Balaban J connectivity index is 2.87. The summed E-state index contributed by atoms with van der Waals surface area (Å²) >= 11 is 0. The van der Waals surface area contributed by atoms with E-state index in [2.05, 4.69) is 5.32 Å². The van der Waals surface area contributed by atoms with E-state index in [-0.39, 0.29) is 12.6 Å². The van der Waals surface area contributed by atoms with Crippen molar-refractivity contribution in [2.24, 2.45) is 0 Å². The Labute approximate surface area is 136 Å². The fraction of sp³-hybridized carbons (Fsp3) is 0.562. The molecule has 0 radical (unpaired) electrons. The van der Waals surface area contributed by atoms with E-state index in [1.54, 1.807) is 0 Å². The third-order valence-corrected chi connectivity index (χ3v) is 3.46. The number of carbonyl (C=O) groups excluding carboxylic acids is 1. The number of benzene rings is 1. The molecule has 0 bridgehead atoms. The van der Waals surface area contributed by atoms with Gasteiger partial charge in [0.15, 0.2) is 0 Å². The van der Waals surface area contributed by atoms with Crippen LogP contribution in [0, 0.1) is 0 Å². The first-order valence-corrected chi connectivity index (χ1v) is 7.64. The van der Waals surface area contributed by atoms with Crippen LogP contribution in [0.15, 0.2) is 18.2 Å². The third-order valence-electron chi connectivity index (χ3n) is 3.46. The molecule has 8 heteroatoms. The number of unbranched alkanes of at least 4 members (excludes halogenated alkanes) is 4. The van der Waals surface area contributed by atoms with E-state index in [1.807, 2.05) is 6.92 Å². The summed E-state index contributed by atoms with van der Waals surface area (Å²) in [4.78, 5) is 11.9. The molecule has 0 aliphatic carbocycles. The number of halogens is 6. The summed E-state index contributed by atoms with van der Waals surface area (Å²) in [5.41, 5.74) is -3.67. The Hall–Kier alpha value is -1.73. The van der Waals surface area contributed by atoms with Crippen LogP contribution in [-0.4, -0.2) is 12.5 Å². The van der Waals surface area contributed by atoms with Crippen LogP contribution in [0.5, 0.6) is 0 Å². The minimum absolute atomic E-state index is 0.121. The molecule has 1 N–H and O–H groups in total. The smallest absolute Gasteiger partial charge is 0.352 e. The standard InChI is InChI=1S/C16H19F6NO/c1-2-3-4-5-6-9-23-14(24)12-10-11(15(17,18)19)7-8-13(12)16(20,21)22/h7-8,10H,2-6,9H2,1H3,(H,23,24). The second kappa shape index (κ2) is 8.39. The molecule has 1 rings (SSSR count). The lowest BCUT2D eigenvalue weighted by Crippen LogP contribution is -2.27. The van der Waals surface area contributed by atoms with Crippen molar-refractivity contribution >= 4 is 5.91 Å². The summed E-state index contributed by atoms with van der Waals surface area (Å²) < 4.78 is 76.7. The van der Waals surface area contributed by atoms with Gasteiger partial charge in [0.2, 0.25) is 0 Å². The van der Waals surface area contributed by atoms with Gasteiger partial charge in [-0.3, -0.25) is 4.79 Å². The van der Waals surface area contributed by atoms with Gasteiger partial charge >= 0.3 is 12.4 Å². The average Bonchev–Trinajstić information content (AvgIpc) is 2.48. The van der Waals surface area contributed by atoms with Gasteiger partial charge in [-0.05, 0) is 24.6 Å². The lowest BCUT2D eigenvalue weighted by Gasteiger charge is -2.15. The van der Waals surface area contributed by atoms with Crippen molar-refractivity contribution in [1.29, 1.82) is 0 Å². The van der Waals surface area contributed by atoms with Gasteiger partial charge in [0.1, 0.15) is 0 Å². The molecule has 0 heterocycles. The Kier molecular flexibility index (Phi) is 7.10. The quantitative estimate of drug-likeness (QED) is 0.513. The number of hydrogen-bond acceptors (Lipinski definition) is 1. The van der Waals surface area contributed by atoms with Crippen molar-refractivity contribution in [3.63, 3.8) is 0 Å². The first-order valence-electron chi connectivity index (χ1n) is 7.64. The number of carbonyl (C=O) groups is 1. The minimum Gasteiger partial charge on any atom is -0.352 e. The molecule has 2 nitrogen and oxygen atoms in total. The molecule has 0 aliphatic heterocycles. The second-order valence-electron chi connectivity index (χ2n) is 5.43. The van der Waals surface area contributed by atoms with Crippen molar-refractivity contribution in [1.82, 2.24) is 5.32 Å². The Morgan fingerprint density at radius 2 is 1.58 bits per heavy atom. The van der Waals surface area contributed by atoms with Crippen LogP contribution in [0.1, 0.15) is 60.5 Å². The molecule has 1 aromatic rings. The second-order valence-corrected chi connectivity index (χ2v) is 5.43. The molecular formula is C16H19F6NO. The van der Waals surface area contributed by atoms with Crippen molar-refractivity contribution in [2.75, 3.05) is 6.54 Å². The van der Waals surface area contributed by atoms with Crippen molar-refractivity contribution in [3.8, 4) is 0 Å². The van der Waals surface area contributed by atoms with Crippen LogP contribution in [0.25, 0.3) is 0 Å². The van der Waals surface area contributed by atoms with Gasteiger partial charge in [0.05, 0.1) is 16.7 Å². The number of amides is 1. The highest BCUT2D eigenvalue weighted by Crippen LogP contribution is 2.36. The van der Waals surface area contributed by atoms with Gasteiger partial charge in [-0.15, -0.1) is 0 Å². The number of hydrogen-bond donors (Lipinski definition) is 1. The molecule has 0 aromatic heterocycles. The lowest BCUT2D eigenvalue weighted by atomic mass is 10.0. The van der Waals surface area contributed by atoms with Crippen LogP contribution in [0.4, 0.5) is 26.3 Å². The highest BCUT2D eigenvalue weighted by atomic mass is 19.4. The first kappa shape index (κ1) is 20.3. The molecule has 0 spiro atoms. The lowest BCUT2D eigenvalue weighted by molar-refractivity contribution is -0.141. The summed E-state index contributed by atoms with van der Waals surface area (Å²) in [6.07, 6.45) is -5.40. The Morgan fingerprint density at radius 1 is 0.958 bits per heavy atom. The van der Waals surface area contributed by atoms with Crippen molar-refractivity contribution in [3.05, 3.63) is 34.9 Å². The molecule has 0 aliphatic rings. The van der Waals surface area contributed by atoms with E-state index in [0.717, 1.165) is 25.7 Å². The normalized spacial score (nSPS) is 12.3. The van der Waals surface area contributed by atoms with Gasteiger partial charge < -0.3 is 5.32 Å². The fourth-order valence-corrected chi connectivity index (χ4v) is 2.18. The SMILES string of the molecule is CCCCCCCNC(=O)c1cc(C(F)(F)F)ccc1C(F)(F)F. The Bertz CT molecular complexity index is 550. The summed E-state index contributed by atoms with van der Waals surface area (Å²) in [6, 6.07) is 0.860. The fourth-order valence-electron chi connectivity index (χ4n) is 2.18. The summed E-state index contributed by atoms with van der Waals surface area (Å²) in [6.45, 7) is 2.14. The van der Waals surface area contributed by atoms with Crippen LogP contribution in [-0.2, 0) is 12.4 Å². The van der Waals surface area contributed by atoms with Crippen molar-refractivity contribution in [2.45, 2.75) is 51.4 Å². The molecule has 0 atom stereocenters. The maximum atomic E-state index is 12.9. The molecule has 1 aromatic carbocycles. The van der Waals surface area contributed by atoms with Crippen LogP contribution >= 0.6 is 0 Å². The zero-order valence-electron chi connectivity index (χ0n) is 13.2. The van der Waals surface area contributed by atoms with E-state index in [4.69, 9.17) is 0 Å². The maximum absolute atomic E-state index is 12.9. The topological polar surface area (TPSA) is 29.1 Å². The average molecular weight is 355 g/mol. The van der Waals surface area contributed by atoms with Crippen molar-refractivity contribution < 1.29 is 31.1 Å². The molecule has 0 saturated heterocycles. The predicted octanol–water partition coefficient (Wildman–Crippen LogP) is 5.42. The zero-order chi connectivity index (χ0) is 18.4. The summed E-state index contributed by atoms with van der Waals surface area (Å²) in [5.74, 6) is -1.15. The van der Waals surface area contributed by atoms with Gasteiger partial charge in [-0.1, -0.05) is 32.6 Å². The van der Waals surface area contributed by atoms with Crippen LogP contribution < -0.4 is 5.32 Å². The summed E-state index contributed by atoms with van der Waals surface area (Å²) in [7, 11) is 0. The van der Waals surface area contributed by atoms with Gasteiger partial charge in [-0.2, -0.15) is 26.3 Å². The van der Waals surface area contributed by atoms with Gasteiger partial charge in [-0.25, -0.2) is 0 Å². The van der Waals surface area contributed by atoms with Crippen LogP contribution in [0.3, 0.4) is 0 Å². The van der Waals surface area contributed by atoms with Gasteiger partial charge in [0.25, 0.3) is 5.91 Å². The number of alkyl halides is 6. The van der Waals surface area contributed by atoms with Crippen LogP contribution in [0.2, 0.25) is 0 Å². The van der Waals surface area contributed by atoms with E-state index in [1.165, 1.54) is 0 Å². The molecule has 0 unspecified atom stereocenters. The summed E-state index contributed by atoms with van der Waals surface area (Å²) in [5, 5.41) is 2.26. The predicted molar refractivity (Wildman–Crippen MR) is 77.5 cm³/mol. The molecule has 136 valence electrons. The number of nitrogens with one attached hydrogen (secondary N) is 1. The third kappa shape index (κ3) is 6.05. The first-order chi connectivity index (χ1) is 11.1. The van der Waals surface area contributed by atoms with Gasteiger partial charge in [0, 0.05) is 6.54 Å². The molecule has 24 heavy (non-hydrogen) atoms. The molecular weight excluding hydrogens is 336 g/mol. The van der Waals surface area contributed by atoms with E-state index in [9.17, 15) is 31.1 Å². The molecule has 0 saturated carbocycles. The number of rotatable bonds is 7. The zero-order valence-corrected chi connectivity index (χ0v) is 13.2. The monoisotopic (exact) mass is 355 g/mol. The largest absolute Gasteiger partial charge is 0.417 e. The highest BCUT2D eigenvalue weighted by Gasteiger charge is 2.38. The molecule has 1 amide bonds. The minimum atomic E-state index is -4.90. The highest BCUT2D eigenvalue weighted by molar-refractivity contribution is 5.96. The molecule has 0 fully saturated rings. The van der Waals surface area contributed by atoms with E-state index < -0.39 is 35.0 Å².